The van der Waals surface area contributed by atoms with Crippen molar-refractivity contribution in [2.75, 3.05) is 6.61 Å². The summed E-state index contributed by atoms with van der Waals surface area (Å²) < 4.78 is 22.7. The normalized spacial score (nSPS) is 17.2. The molecule has 1 saturated heterocycles. The van der Waals surface area contributed by atoms with Gasteiger partial charge in [-0.05, 0) is 63.2 Å². The van der Waals surface area contributed by atoms with E-state index in [0.717, 1.165) is 42.1 Å². The van der Waals surface area contributed by atoms with Crippen molar-refractivity contribution in [2.45, 2.75) is 32.8 Å². The minimum absolute atomic E-state index is 0.0979. The van der Waals surface area contributed by atoms with Crippen LogP contribution >= 0.6 is 12.2 Å². The lowest BCUT2D eigenvalue weighted by Gasteiger charge is -2.07. The van der Waals surface area contributed by atoms with Gasteiger partial charge in [-0.2, -0.15) is 20.0 Å². The minimum Gasteiger partial charge on any atom is -0.370 e. The Morgan fingerprint density at radius 3 is 2.81 bits per heavy atom. The molecule has 0 saturated carbocycles. The maximum Gasteiger partial charge on any atom is 0.216 e. The number of hydrogen-bond donors (Lipinski definition) is 1. The van der Waals surface area contributed by atoms with Crippen molar-refractivity contribution in [2.24, 2.45) is 5.10 Å². The minimum atomic E-state index is -0.280. The highest BCUT2D eigenvalue weighted by Gasteiger charge is 2.23. The summed E-state index contributed by atoms with van der Waals surface area (Å²) in [6.45, 7) is 4.57. The molecule has 1 aliphatic rings. The molecule has 0 bridgehead atoms. The van der Waals surface area contributed by atoms with Gasteiger partial charge in [-0.1, -0.05) is 0 Å². The van der Waals surface area contributed by atoms with E-state index < -0.39 is 0 Å². The molecule has 1 atom stereocenters. The molecule has 4 rings (SSSR count). The summed E-state index contributed by atoms with van der Waals surface area (Å²) in [6.07, 6.45) is 3.52. The van der Waals surface area contributed by atoms with Gasteiger partial charge in [0.25, 0.3) is 0 Å². The van der Waals surface area contributed by atoms with E-state index in [1.165, 1.54) is 12.1 Å². The monoisotopic (exact) mass is 386 g/mol. The lowest BCUT2D eigenvalue weighted by atomic mass is 10.2. The fourth-order valence-electron chi connectivity index (χ4n) is 3.20. The lowest BCUT2D eigenvalue weighted by molar-refractivity contribution is 0.102. The third-order valence-electron chi connectivity index (χ3n) is 4.61. The Kier molecular flexibility index (Phi) is 4.71. The Morgan fingerprint density at radius 1 is 1.33 bits per heavy atom. The molecule has 0 unspecified atom stereocenters. The quantitative estimate of drug-likeness (QED) is 0.549. The zero-order valence-electron chi connectivity index (χ0n) is 15.0. The van der Waals surface area contributed by atoms with E-state index in [-0.39, 0.29) is 11.9 Å². The van der Waals surface area contributed by atoms with Gasteiger partial charge >= 0.3 is 0 Å². The molecule has 140 valence electrons. The maximum atomic E-state index is 13.2. The van der Waals surface area contributed by atoms with Crippen molar-refractivity contribution in [1.29, 1.82) is 0 Å². The van der Waals surface area contributed by atoms with Crippen LogP contribution in [0.1, 0.15) is 41.7 Å². The first-order valence-corrected chi connectivity index (χ1v) is 9.11. The van der Waals surface area contributed by atoms with Crippen molar-refractivity contribution < 1.29 is 9.13 Å². The number of H-pyrrole nitrogens is 1. The van der Waals surface area contributed by atoms with Crippen LogP contribution in [0.5, 0.6) is 0 Å². The average Bonchev–Trinajstić information content (AvgIpc) is 3.36. The van der Waals surface area contributed by atoms with Gasteiger partial charge in [-0.3, -0.25) is 5.10 Å². The number of aryl methyl sites for hydroxylation is 1. The first kappa shape index (κ1) is 17.7. The molecule has 3 heterocycles. The number of benzene rings is 1. The van der Waals surface area contributed by atoms with Crippen LogP contribution < -0.4 is 0 Å². The second-order valence-corrected chi connectivity index (χ2v) is 6.80. The van der Waals surface area contributed by atoms with E-state index in [0.29, 0.717) is 10.6 Å². The van der Waals surface area contributed by atoms with Crippen molar-refractivity contribution in [3.05, 3.63) is 57.6 Å². The number of halogens is 1. The van der Waals surface area contributed by atoms with Gasteiger partial charge in [-0.25, -0.2) is 9.07 Å². The largest absolute Gasteiger partial charge is 0.370 e. The number of rotatable bonds is 4. The first-order valence-electron chi connectivity index (χ1n) is 8.70. The Morgan fingerprint density at radius 2 is 2.11 bits per heavy atom. The number of aromatic amines is 1. The highest BCUT2D eigenvalue weighted by molar-refractivity contribution is 7.71. The summed E-state index contributed by atoms with van der Waals surface area (Å²) in [7, 11) is 0. The van der Waals surface area contributed by atoms with E-state index in [2.05, 4.69) is 20.4 Å². The van der Waals surface area contributed by atoms with Crippen molar-refractivity contribution in [1.82, 2.24) is 24.7 Å². The fourth-order valence-corrected chi connectivity index (χ4v) is 3.38. The molecule has 7 nitrogen and oxygen atoms in total. The summed E-state index contributed by atoms with van der Waals surface area (Å²) in [5, 5.41) is 16.1. The Bertz CT molecular complexity index is 1040. The summed E-state index contributed by atoms with van der Waals surface area (Å²) in [5.41, 5.74) is 3.38. The van der Waals surface area contributed by atoms with Crippen LogP contribution in [0.4, 0.5) is 4.39 Å². The van der Waals surface area contributed by atoms with E-state index >= 15 is 0 Å². The van der Waals surface area contributed by atoms with Gasteiger partial charge in [0.15, 0.2) is 5.82 Å². The highest BCUT2D eigenvalue weighted by Crippen LogP contribution is 2.27. The molecule has 1 fully saturated rings. The molecular formula is C18H19FN6OS. The number of aromatic nitrogens is 5. The van der Waals surface area contributed by atoms with Crippen LogP contribution in [-0.4, -0.2) is 37.5 Å². The van der Waals surface area contributed by atoms with E-state index in [1.807, 2.05) is 13.8 Å². The molecule has 3 aromatic rings. The van der Waals surface area contributed by atoms with Gasteiger partial charge in [0, 0.05) is 12.2 Å². The van der Waals surface area contributed by atoms with Crippen molar-refractivity contribution in [3.63, 3.8) is 0 Å². The molecule has 27 heavy (non-hydrogen) atoms. The SMILES string of the molecule is Cc1nn(-c2ccc(F)cc2)c(C)c1/C=N/n1c([C@H]2CCCO2)n[nH]c1=S. The molecule has 0 aliphatic carbocycles. The molecule has 9 heteroatoms. The molecule has 2 aromatic heterocycles. The average molecular weight is 386 g/mol. The zero-order chi connectivity index (χ0) is 19.0. The van der Waals surface area contributed by atoms with Gasteiger partial charge in [-0.15, -0.1) is 0 Å². The summed E-state index contributed by atoms with van der Waals surface area (Å²) in [5.74, 6) is 0.396. The smallest absolute Gasteiger partial charge is 0.216 e. The van der Waals surface area contributed by atoms with Crippen LogP contribution in [-0.2, 0) is 4.74 Å². The highest BCUT2D eigenvalue weighted by atomic mass is 32.1. The van der Waals surface area contributed by atoms with Crippen LogP contribution in [0, 0.1) is 24.4 Å². The third-order valence-corrected chi connectivity index (χ3v) is 4.88. The molecule has 1 aromatic carbocycles. The first-order chi connectivity index (χ1) is 13.0. The van der Waals surface area contributed by atoms with E-state index in [9.17, 15) is 4.39 Å². The lowest BCUT2D eigenvalue weighted by Crippen LogP contribution is -2.05. The Balaban J connectivity index is 1.69. The van der Waals surface area contributed by atoms with Crippen LogP contribution in [0.3, 0.4) is 0 Å². The predicted molar refractivity (Wildman–Crippen MR) is 101 cm³/mol. The van der Waals surface area contributed by atoms with E-state index in [1.54, 1.807) is 27.7 Å². The standard InChI is InChI=1S/C18H19FN6OS/c1-11-15(12(2)24(23-11)14-7-5-13(19)6-8-14)10-20-25-17(21-22-18(25)27)16-4-3-9-26-16/h5-8,10,16H,3-4,9H2,1-2H3,(H,22,27)/b20-10+/t16-/m1/s1. The maximum absolute atomic E-state index is 13.2. The number of ether oxygens (including phenoxy) is 1. The topological polar surface area (TPSA) is 73.0 Å². The predicted octanol–water partition coefficient (Wildman–Crippen LogP) is 3.62. The number of hydrogen-bond acceptors (Lipinski definition) is 5. The number of nitrogens with zero attached hydrogens (tertiary/aromatic N) is 5. The molecular weight excluding hydrogens is 367 g/mol. The molecule has 1 aliphatic heterocycles. The molecule has 0 radical (unpaired) electrons. The second kappa shape index (κ2) is 7.16. The molecule has 1 N–H and O–H groups in total. The van der Waals surface area contributed by atoms with Crippen LogP contribution in [0.15, 0.2) is 29.4 Å². The van der Waals surface area contributed by atoms with Gasteiger partial charge in [0.05, 0.1) is 23.3 Å². The summed E-state index contributed by atoms with van der Waals surface area (Å²) >= 11 is 5.30. The number of nitrogens with one attached hydrogen (secondary N) is 1. The van der Waals surface area contributed by atoms with Crippen molar-refractivity contribution in [3.8, 4) is 5.69 Å². The van der Waals surface area contributed by atoms with Gasteiger partial charge in [0.1, 0.15) is 11.9 Å². The second-order valence-electron chi connectivity index (χ2n) is 6.42. The Hall–Kier alpha value is -2.65. The summed E-state index contributed by atoms with van der Waals surface area (Å²) in [6, 6.07) is 6.21. The van der Waals surface area contributed by atoms with Crippen molar-refractivity contribution >= 4 is 18.4 Å². The third kappa shape index (κ3) is 3.35. The molecule has 0 spiro atoms. The Labute approximate surface area is 160 Å². The van der Waals surface area contributed by atoms with Gasteiger partial charge < -0.3 is 4.74 Å². The fraction of sp³-hybridized carbons (Fsp3) is 0.333. The van der Waals surface area contributed by atoms with Crippen LogP contribution in [0.25, 0.3) is 5.69 Å². The van der Waals surface area contributed by atoms with Crippen LogP contribution in [0.2, 0.25) is 0 Å². The molecule has 0 amide bonds. The summed E-state index contributed by atoms with van der Waals surface area (Å²) in [4.78, 5) is 0. The zero-order valence-corrected chi connectivity index (χ0v) is 15.8. The van der Waals surface area contributed by atoms with Gasteiger partial charge in [0.2, 0.25) is 4.77 Å². The van der Waals surface area contributed by atoms with E-state index in [4.69, 9.17) is 17.0 Å².